The van der Waals surface area contributed by atoms with Crippen LogP contribution < -0.4 is 0 Å². The Kier molecular flexibility index (Phi) is 4.72. The van der Waals surface area contributed by atoms with E-state index in [1.54, 1.807) is 11.8 Å². The minimum Gasteiger partial charge on any atom is -0.420 e. The largest absolute Gasteiger partial charge is 0.420 e. The monoisotopic (exact) mass is 417 g/mol. The highest BCUT2D eigenvalue weighted by Gasteiger charge is 2.30. The summed E-state index contributed by atoms with van der Waals surface area (Å²) in [6.45, 7) is 4.55. The Morgan fingerprint density at radius 3 is 2.72 bits per heavy atom. The van der Waals surface area contributed by atoms with Crippen molar-refractivity contribution in [2.45, 2.75) is 36.2 Å². The topological polar surface area (TPSA) is 69.6 Å². The second kappa shape index (κ2) is 7.13. The normalized spacial score (nSPS) is 14.0. The van der Waals surface area contributed by atoms with E-state index < -0.39 is 0 Å². The predicted molar refractivity (Wildman–Crippen MR) is 99.2 cm³/mol. The van der Waals surface area contributed by atoms with E-state index in [9.17, 15) is 0 Å². The van der Waals surface area contributed by atoms with Gasteiger partial charge in [-0.3, -0.25) is 0 Å². The van der Waals surface area contributed by atoms with Gasteiger partial charge < -0.3 is 8.98 Å². The quantitative estimate of drug-likeness (QED) is 0.417. The molecule has 1 aliphatic carbocycles. The fourth-order valence-electron chi connectivity index (χ4n) is 2.50. The van der Waals surface area contributed by atoms with Crippen LogP contribution in [0.4, 0.5) is 0 Å². The average molecular weight is 418 g/mol. The lowest BCUT2D eigenvalue weighted by atomic mass is 10.2. The van der Waals surface area contributed by atoms with Gasteiger partial charge in [0.1, 0.15) is 5.82 Å². The van der Waals surface area contributed by atoms with Gasteiger partial charge in [0, 0.05) is 22.5 Å². The first-order valence-electron chi connectivity index (χ1n) is 7.99. The molecule has 0 bridgehead atoms. The lowest BCUT2D eigenvalue weighted by Crippen LogP contribution is -2.02. The third kappa shape index (κ3) is 3.69. The highest BCUT2D eigenvalue weighted by molar-refractivity contribution is 9.10. The molecule has 4 rings (SSSR count). The van der Waals surface area contributed by atoms with E-state index >= 15 is 0 Å². The smallest absolute Gasteiger partial charge is 0.247 e. The van der Waals surface area contributed by atoms with E-state index in [1.807, 2.05) is 30.3 Å². The standard InChI is InChI=1S/C17H16BrN5OS/c1-2-9-23-15(11-3-4-11)20-22-17(23)25-10-14-19-21-16(24-14)12-5-7-13(18)8-6-12/h2,5-8,11H,1,3-4,9-10H2. The van der Waals surface area contributed by atoms with Gasteiger partial charge in [-0.15, -0.1) is 27.0 Å². The number of benzene rings is 1. The number of rotatable bonds is 7. The molecular formula is C17H16BrN5OS. The van der Waals surface area contributed by atoms with Gasteiger partial charge >= 0.3 is 0 Å². The molecule has 1 aromatic carbocycles. The van der Waals surface area contributed by atoms with Crippen LogP contribution in [-0.4, -0.2) is 25.0 Å². The van der Waals surface area contributed by atoms with Crippen LogP contribution in [0, 0.1) is 0 Å². The van der Waals surface area contributed by atoms with Crippen LogP contribution in [0.5, 0.6) is 0 Å². The minimum atomic E-state index is 0.523. The van der Waals surface area contributed by atoms with Crippen molar-refractivity contribution in [3.05, 3.63) is 53.1 Å². The summed E-state index contributed by atoms with van der Waals surface area (Å²) in [5, 5.41) is 17.8. The maximum atomic E-state index is 5.76. The summed E-state index contributed by atoms with van der Waals surface area (Å²) in [6, 6.07) is 7.78. The van der Waals surface area contributed by atoms with Crippen molar-refractivity contribution in [3.63, 3.8) is 0 Å². The number of hydrogen-bond acceptors (Lipinski definition) is 6. The first kappa shape index (κ1) is 16.5. The molecule has 0 amide bonds. The van der Waals surface area contributed by atoms with Crippen LogP contribution in [-0.2, 0) is 12.3 Å². The van der Waals surface area contributed by atoms with Crippen LogP contribution in [0.25, 0.3) is 11.5 Å². The van der Waals surface area contributed by atoms with Gasteiger partial charge in [-0.1, -0.05) is 33.8 Å². The Balaban J connectivity index is 1.47. The second-order valence-electron chi connectivity index (χ2n) is 5.81. The van der Waals surface area contributed by atoms with E-state index in [2.05, 4.69) is 47.5 Å². The molecule has 128 valence electrons. The Labute approximate surface area is 157 Å². The van der Waals surface area contributed by atoms with E-state index in [0.29, 0.717) is 23.5 Å². The molecule has 0 aliphatic heterocycles. The van der Waals surface area contributed by atoms with Gasteiger partial charge in [0.15, 0.2) is 5.16 Å². The Morgan fingerprint density at radius 2 is 2.00 bits per heavy atom. The summed E-state index contributed by atoms with van der Waals surface area (Å²) in [6.07, 6.45) is 4.26. The SMILES string of the molecule is C=CCn1c(SCc2nnc(-c3ccc(Br)cc3)o2)nnc1C1CC1. The van der Waals surface area contributed by atoms with Crippen molar-refractivity contribution in [1.29, 1.82) is 0 Å². The minimum absolute atomic E-state index is 0.523. The molecule has 2 aromatic heterocycles. The molecule has 1 aliphatic rings. The van der Waals surface area contributed by atoms with E-state index in [4.69, 9.17) is 4.42 Å². The average Bonchev–Trinajstić information content (AvgIpc) is 3.22. The number of nitrogens with zero attached hydrogens (tertiary/aromatic N) is 5. The molecule has 0 spiro atoms. The van der Waals surface area contributed by atoms with E-state index in [1.165, 1.54) is 12.8 Å². The van der Waals surface area contributed by atoms with Gasteiger partial charge in [0.2, 0.25) is 11.8 Å². The summed E-state index contributed by atoms with van der Waals surface area (Å²) < 4.78 is 8.90. The van der Waals surface area contributed by atoms with Crippen molar-refractivity contribution in [2.75, 3.05) is 0 Å². The molecule has 1 fully saturated rings. The van der Waals surface area contributed by atoms with Gasteiger partial charge in [0.05, 0.1) is 5.75 Å². The van der Waals surface area contributed by atoms with Crippen molar-refractivity contribution >= 4 is 27.7 Å². The van der Waals surface area contributed by atoms with Gasteiger partial charge in [-0.05, 0) is 37.1 Å². The molecule has 3 aromatic rings. The summed E-state index contributed by atoms with van der Waals surface area (Å²) in [4.78, 5) is 0. The number of thioether (sulfide) groups is 1. The molecular weight excluding hydrogens is 402 g/mol. The molecule has 25 heavy (non-hydrogen) atoms. The molecule has 8 heteroatoms. The Hall–Kier alpha value is -1.93. The maximum absolute atomic E-state index is 5.76. The number of allylic oxidation sites excluding steroid dienone is 1. The molecule has 0 radical (unpaired) electrons. The Bertz CT molecular complexity index is 885. The lowest BCUT2D eigenvalue weighted by Gasteiger charge is -2.05. The molecule has 2 heterocycles. The summed E-state index contributed by atoms with van der Waals surface area (Å²) in [7, 11) is 0. The molecule has 1 saturated carbocycles. The molecule has 0 unspecified atom stereocenters. The maximum Gasteiger partial charge on any atom is 0.247 e. The summed E-state index contributed by atoms with van der Waals surface area (Å²) in [5.41, 5.74) is 0.901. The predicted octanol–water partition coefficient (Wildman–Crippen LogP) is 4.45. The Morgan fingerprint density at radius 1 is 1.20 bits per heavy atom. The third-order valence-corrected chi connectivity index (χ3v) is 5.36. The molecule has 0 saturated heterocycles. The highest BCUT2D eigenvalue weighted by Crippen LogP contribution is 2.40. The first-order chi connectivity index (χ1) is 12.2. The van der Waals surface area contributed by atoms with Crippen molar-refractivity contribution in [3.8, 4) is 11.5 Å². The third-order valence-electron chi connectivity index (χ3n) is 3.88. The zero-order valence-electron chi connectivity index (χ0n) is 13.4. The zero-order valence-corrected chi connectivity index (χ0v) is 15.8. The van der Waals surface area contributed by atoms with Gasteiger partial charge in [-0.25, -0.2) is 0 Å². The van der Waals surface area contributed by atoms with Gasteiger partial charge in [0.25, 0.3) is 0 Å². The summed E-state index contributed by atoms with van der Waals surface area (Å²) >= 11 is 4.97. The fraction of sp³-hybridized carbons (Fsp3) is 0.294. The zero-order chi connectivity index (χ0) is 17.2. The number of halogens is 1. The van der Waals surface area contributed by atoms with Crippen LogP contribution >= 0.6 is 27.7 Å². The fourth-order valence-corrected chi connectivity index (χ4v) is 3.55. The summed E-state index contributed by atoms with van der Waals surface area (Å²) in [5.74, 6) is 3.26. The highest BCUT2D eigenvalue weighted by atomic mass is 79.9. The number of hydrogen-bond donors (Lipinski definition) is 0. The van der Waals surface area contributed by atoms with Crippen molar-refractivity contribution in [1.82, 2.24) is 25.0 Å². The van der Waals surface area contributed by atoms with Crippen molar-refractivity contribution in [2.24, 2.45) is 0 Å². The van der Waals surface area contributed by atoms with E-state index in [-0.39, 0.29) is 0 Å². The molecule has 0 N–H and O–H groups in total. The molecule has 6 nitrogen and oxygen atoms in total. The second-order valence-corrected chi connectivity index (χ2v) is 7.67. The van der Waals surface area contributed by atoms with Crippen LogP contribution in [0.2, 0.25) is 0 Å². The molecule has 0 atom stereocenters. The van der Waals surface area contributed by atoms with Crippen LogP contribution in [0.3, 0.4) is 0 Å². The van der Waals surface area contributed by atoms with Gasteiger partial charge in [-0.2, -0.15) is 0 Å². The lowest BCUT2D eigenvalue weighted by molar-refractivity contribution is 0.528. The first-order valence-corrected chi connectivity index (χ1v) is 9.77. The van der Waals surface area contributed by atoms with Crippen molar-refractivity contribution < 1.29 is 4.42 Å². The van der Waals surface area contributed by atoms with Crippen LogP contribution in [0.1, 0.15) is 30.5 Å². The van der Waals surface area contributed by atoms with E-state index in [0.717, 1.165) is 27.6 Å². The number of aromatic nitrogens is 5. The van der Waals surface area contributed by atoms with Crippen LogP contribution in [0.15, 0.2) is 51.0 Å².